The number of isocyanates is 1. The minimum absolute atomic E-state index is 0.158. The van der Waals surface area contributed by atoms with E-state index < -0.39 is 0 Å². The molecule has 0 aromatic carbocycles. The molecule has 5 nitrogen and oxygen atoms in total. The highest BCUT2D eigenvalue weighted by Gasteiger charge is 2.02. The van der Waals surface area contributed by atoms with Crippen molar-refractivity contribution >= 4 is 17.7 Å². The molecule has 0 bridgehead atoms. The molecule has 0 unspecified atom stereocenters. The molecule has 5 heteroatoms. The van der Waals surface area contributed by atoms with E-state index in [2.05, 4.69) is 22.0 Å². The Hall–Kier alpha value is -2.00. The van der Waals surface area contributed by atoms with Crippen LogP contribution in [0.25, 0.3) is 5.65 Å². The highest BCUT2D eigenvalue weighted by atomic mass is 16.1. The van der Waals surface area contributed by atoms with Crippen LogP contribution >= 0.6 is 0 Å². The first-order chi connectivity index (χ1) is 8.33. The zero-order chi connectivity index (χ0) is 12.1. The van der Waals surface area contributed by atoms with E-state index in [-0.39, 0.29) is 5.95 Å². The van der Waals surface area contributed by atoms with Crippen LogP contribution in [0.2, 0.25) is 0 Å². The van der Waals surface area contributed by atoms with Crippen LogP contribution in [0.5, 0.6) is 0 Å². The summed E-state index contributed by atoms with van der Waals surface area (Å²) in [6.45, 7) is 2.18. The summed E-state index contributed by atoms with van der Waals surface area (Å²) in [5.74, 6) is 0.158. The molecule has 0 saturated carbocycles. The van der Waals surface area contributed by atoms with E-state index in [9.17, 15) is 4.79 Å². The van der Waals surface area contributed by atoms with Crippen molar-refractivity contribution in [2.75, 3.05) is 0 Å². The van der Waals surface area contributed by atoms with Crippen molar-refractivity contribution in [3.05, 3.63) is 23.9 Å². The Balaban J connectivity index is 2.21. The van der Waals surface area contributed by atoms with E-state index in [4.69, 9.17) is 0 Å². The summed E-state index contributed by atoms with van der Waals surface area (Å²) in [5.41, 5.74) is 1.91. The summed E-state index contributed by atoms with van der Waals surface area (Å²) in [7, 11) is 0. The van der Waals surface area contributed by atoms with Gasteiger partial charge < -0.3 is 0 Å². The number of nitrogens with zero attached hydrogens (tertiary/aromatic N) is 4. The fraction of sp³-hybridized carbons (Fsp3) is 0.417. The molecular formula is C12H14N4O. The Morgan fingerprint density at radius 3 is 3.06 bits per heavy atom. The van der Waals surface area contributed by atoms with Crippen LogP contribution in [-0.2, 0) is 11.2 Å². The molecular weight excluding hydrogens is 216 g/mol. The zero-order valence-corrected chi connectivity index (χ0v) is 9.76. The van der Waals surface area contributed by atoms with Crippen molar-refractivity contribution in [3.8, 4) is 0 Å². The average molecular weight is 230 g/mol. The fourth-order valence-electron chi connectivity index (χ4n) is 1.73. The lowest BCUT2D eigenvalue weighted by Gasteiger charge is -2.00. The number of unbranched alkanes of at least 4 members (excludes halogenated alkanes) is 2. The Kier molecular flexibility index (Phi) is 3.62. The highest BCUT2D eigenvalue weighted by molar-refractivity contribution is 5.46. The van der Waals surface area contributed by atoms with E-state index in [1.807, 2.05) is 18.3 Å². The van der Waals surface area contributed by atoms with E-state index in [0.29, 0.717) is 5.65 Å². The second kappa shape index (κ2) is 5.37. The van der Waals surface area contributed by atoms with Gasteiger partial charge in [-0.1, -0.05) is 25.8 Å². The van der Waals surface area contributed by atoms with Gasteiger partial charge in [-0.25, -0.2) is 9.31 Å². The van der Waals surface area contributed by atoms with Gasteiger partial charge in [0, 0.05) is 6.20 Å². The summed E-state index contributed by atoms with van der Waals surface area (Å²) < 4.78 is 1.65. The van der Waals surface area contributed by atoms with E-state index in [0.717, 1.165) is 6.42 Å². The van der Waals surface area contributed by atoms with Gasteiger partial charge in [-0.05, 0) is 24.5 Å². The summed E-state index contributed by atoms with van der Waals surface area (Å²) in [4.78, 5) is 17.6. The van der Waals surface area contributed by atoms with Gasteiger partial charge in [0.2, 0.25) is 6.08 Å². The number of carbonyl (C=O) groups excluding carboxylic acids is 1. The monoisotopic (exact) mass is 230 g/mol. The second-order valence-electron chi connectivity index (χ2n) is 3.91. The maximum atomic E-state index is 10.1. The van der Waals surface area contributed by atoms with Gasteiger partial charge in [0.1, 0.15) is 0 Å². The Morgan fingerprint density at radius 2 is 2.29 bits per heavy atom. The van der Waals surface area contributed by atoms with Crippen molar-refractivity contribution in [2.45, 2.75) is 32.6 Å². The van der Waals surface area contributed by atoms with Crippen LogP contribution in [0.15, 0.2) is 23.3 Å². The third kappa shape index (κ3) is 2.77. The number of aromatic nitrogens is 3. The van der Waals surface area contributed by atoms with E-state index in [1.165, 1.54) is 30.9 Å². The lowest BCUT2D eigenvalue weighted by atomic mass is 10.1. The van der Waals surface area contributed by atoms with Gasteiger partial charge in [-0.15, -0.1) is 10.1 Å². The SMILES string of the molecule is CCCCCc1ccc2nc(N=C=O)nn2c1. The van der Waals surface area contributed by atoms with Gasteiger partial charge in [-0.2, -0.15) is 4.98 Å². The van der Waals surface area contributed by atoms with E-state index >= 15 is 0 Å². The molecule has 2 heterocycles. The van der Waals surface area contributed by atoms with Crippen LogP contribution in [0.4, 0.5) is 5.95 Å². The number of aryl methyl sites for hydroxylation is 1. The second-order valence-corrected chi connectivity index (χ2v) is 3.91. The van der Waals surface area contributed by atoms with Crippen LogP contribution in [0, 0.1) is 0 Å². The normalized spacial score (nSPS) is 10.4. The number of rotatable bonds is 5. The minimum atomic E-state index is 0.158. The number of aliphatic imine (C=N–C) groups is 1. The molecule has 17 heavy (non-hydrogen) atoms. The molecule has 88 valence electrons. The third-order valence-electron chi connectivity index (χ3n) is 2.60. The smallest absolute Gasteiger partial charge is 0.219 e. The Bertz CT molecular complexity index is 555. The topological polar surface area (TPSA) is 59.6 Å². The van der Waals surface area contributed by atoms with Crippen molar-refractivity contribution in [1.82, 2.24) is 14.6 Å². The number of hydrogen-bond acceptors (Lipinski definition) is 4. The molecule has 0 N–H and O–H groups in total. The lowest BCUT2D eigenvalue weighted by molar-refractivity contribution is 0.565. The molecule has 0 fully saturated rings. The largest absolute Gasteiger partial charge is 0.280 e. The molecule has 2 rings (SSSR count). The Morgan fingerprint density at radius 1 is 1.41 bits per heavy atom. The van der Waals surface area contributed by atoms with Gasteiger partial charge in [-0.3, -0.25) is 0 Å². The summed E-state index contributed by atoms with van der Waals surface area (Å²) in [6, 6.07) is 3.92. The molecule has 0 aliphatic carbocycles. The predicted molar refractivity (Wildman–Crippen MR) is 64.0 cm³/mol. The highest BCUT2D eigenvalue weighted by Crippen LogP contribution is 2.11. The van der Waals surface area contributed by atoms with Crippen LogP contribution in [0.3, 0.4) is 0 Å². The van der Waals surface area contributed by atoms with Crippen molar-refractivity contribution in [3.63, 3.8) is 0 Å². The molecule has 0 aliphatic rings. The quantitative estimate of drug-likeness (QED) is 0.450. The maximum absolute atomic E-state index is 10.1. The summed E-state index contributed by atoms with van der Waals surface area (Å²) in [5, 5.41) is 4.07. The average Bonchev–Trinajstić information content (AvgIpc) is 2.71. The van der Waals surface area contributed by atoms with Crippen LogP contribution in [-0.4, -0.2) is 20.7 Å². The minimum Gasteiger partial charge on any atom is -0.219 e. The summed E-state index contributed by atoms with van der Waals surface area (Å²) in [6.07, 6.45) is 8.03. The maximum Gasteiger partial charge on any atom is 0.280 e. The number of pyridine rings is 1. The Labute approximate surface area is 99.2 Å². The first kappa shape index (κ1) is 11.5. The van der Waals surface area contributed by atoms with Gasteiger partial charge in [0.05, 0.1) is 0 Å². The number of fused-ring (bicyclic) bond motifs is 1. The first-order valence-corrected chi connectivity index (χ1v) is 5.76. The van der Waals surface area contributed by atoms with Crippen molar-refractivity contribution in [1.29, 1.82) is 0 Å². The van der Waals surface area contributed by atoms with Gasteiger partial charge in [0.15, 0.2) is 5.65 Å². The predicted octanol–water partition coefficient (Wildman–Crippen LogP) is 2.43. The molecule has 0 amide bonds. The third-order valence-corrected chi connectivity index (χ3v) is 2.60. The van der Waals surface area contributed by atoms with Crippen LogP contribution < -0.4 is 0 Å². The molecule has 0 spiro atoms. The van der Waals surface area contributed by atoms with Gasteiger partial charge in [0.25, 0.3) is 5.95 Å². The molecule has 0 saturated heterocycles. The van der Waals surface area contributed by atoms with Crippen molar-refractivity contribution in [2.24, 2.45) is 4.99 Å². The van der Waals surface area contributed by atoms with Gasteiger partial charge >= 0.3 is 0 Å². The molecule has 0 atom stereocenters. The fourth-order valence-corrected chi connectivity index (χ4v) is 1.73. The van der Waals surface area contributed by atoms with Crippen LogP contribution in [0.1, 0.15) is 31.7 Å². The standard InChI is InChI=1S/C12H14N4O/c1-2-3-4-5-10-6-7-11-14-12(13-9-17)15-16(11)8-10/h6-8H,2-5H2,1H3. The molecule has 2 aromatic heterocycles. The number of hydrogen-bond donors (Lipinski definition) is 0. The zero-order valence-electron chi connectivity index (χ0n) is 9.76. The lowest BCUT2D eigenvalue weighted by Crippen LogP contribution is -1.92. The summed E-state index contributed by atoms with van der Waals surface area (Å²) >= 11 is 0. The van der Waals surface area contributed by atoms with Crippen molar-refractivity contribution < 1.29 is 4.79 Å². The molecule has 0 radical (unpaired) electrons. The molecule has 0 aliphatic heterocycles. The first-order valence-electron chi connectivity index (χ1n) is 5.76. The molecule has 2 aromatic rings. The van der Waals surface area contributed by atoms with E-state index in [1.54, 1.807) is 4.52 Å².